The summed E-state index contributed by atoms with van der Waals surface area (Å²) in [6, 6.07) is 13.2. The van der Waals surface area contributed by atoms with Crippen LogP contribution in [-0.4, -0.2) is 22.8 Å². The summed E-state index contributed by atoms with van der Waals surface area (Å²) in [5.74, 6) is -0.482. The largest absolute Gasteiger partial charge is 0.348 e. The van der Waals surface area contributed by atoms with Crippen molar-refractivity contribution in [2.75, 3.05) is 0 Å². The first-order valence-corrected chi connectivity index (χ1v) is 9.23. The lowest BCUT2D eigenvalue weighted by atomic mass is 9.95. The molecule has 1 aliphatic carbocycles. The third kappa shape index (κ3) is 4.91. The molecule has 1 fully saturated rings. The van der Waals surface area contributed by atoms with Gasteiger partial charge in [-0.05, 0) is 37.5 Å². The molecule has 0 atom stereocenters. The number of amides is 2. The van der Waals surface area contributed by atoms with Crippen molar-refractivity contribution in [2.45, 2.75) is 51.6 Å². The van der Waals surface area contributed by atoms with E-state index < -0.39 is 0 Å². The molecular formula is C21H25N3O2. The van der Waals surface area contributed by atoms with Crippen molar-refractivity contribution < 1.29 is 9.59 Å². The summed E-state index contributed by atoms with van der Waals surface area (Å²) < 4.78 is 0. The Balaban J connectivity index is 1.60. The molecule has 1 heterocycles. The quantitative estimate of drug-likeness (QED) is 0.867. The van der Waals surface area contributed by atoms with Crippen LogP contribution >= 0.6 is 0 Å². The minimum absolute atomic E-state index is 0.203. The van der Waals surface area contributed by atoms with Gasteiger partial charge in [0.15, 0.2) is 0 Å². The molecule has 136 valence electrons. The first-order valence-electron chi connectivity index (χ1n) is 9.23. The van der Waals surface area contributed by atoms with Crippen molar-refractivity contribution in [2.24, 2.45) is 0 Å². The molecule has 2 amide bonds. The van der Waals surface area contributed by atoms with E-state index in [1.807, 2.05) is 31.2 Å². The highest BCUT2D eigenvalue weighted by Gasteiger charge is 2.18. The van der Waals surface area contributed by atoms with Gasteiger partial charge in [-0.3, -0.25) is 9.59 Å². The summed E-state index contributed by atoms with van der Waals surface area (Å²) in [5.41, 5.74) is 2.73. The van der Waals surface area contributed by atoms with Crippen molar-refractivity contribution in [3.8, 4) is 0 Å². The molecule has 0 bridgehead atoms. The van der Waals surface area contributed by atoms with Crippen LogP contribution in [0.5, 0.6) is 0 Å². The minimum Gasteiger partial charge on any atom is -0.348 e. The van der Waals surface area contributed by atoms with Crippen LogP contribution in [0.25, 0.3) is 0 Å². The Bertz CT molecular complexity index is 782. The number of benzene rings is 1. The lowest BCUT2D eigenvalue weighted by Crippen LogP contribution is -2.36. The average molecular weight is 351 g/mol. The van der Waals surface area contributed by atoms with Crippen LogP contribution in [0.2, 0.25) is 0 Å². The van der Waals surface area contributed by atoms with Gasteiger partial charge < -0.3 is 10.6 Å². The molecule has 0 saturated heterocycles. The molecule has 0 aliphatic heterocycles. The Morgan fingerprint density at radius 3 is 2.42 bits per heavy atom. The van der Waals surface area contributed by atoms with E-state index in [1.54, 1.807) is 18.2 Å². The fraction of sp³-hybridized carbons (Fsp3) is 0.381. The number of pyridine rings is 1. The van der Waals surface area contributed by atoms with Crippen LogP contribution in [0, 0.1) is 6.92 Å². The molecule has 3 rings (SSSR count). The van der Waals surface area contributed by atoms with Crippen molar-refractivity contribution in [1.29, 1.82) is 0 Å². The number of aromatic nitrogens is 1. The van der Waals surface area contributed by atoms with Gasteiger partial charge >= 0.3 is 0 Å². The van der Waals surface area contributed by atoms with Crippen molar-refractivity contribution in [1.82, 2.24) is 15.6 Å². The molecule has 1 aromatic carbocycles. The monoisotopic (exact) mass is 351 g/mol. The van der Waals surface area contributed by atoms with Crippen LogP contribution in [0.3, 0.4) is 0 Å². The first kappa shape index (κ1) is 18.1. The van der Waals surface area contributed by atoms with Gasteiger partial charge in [-0.15, -0.1) is 0 Å². The summed E-state index contributed by atoms with van der Waals surface area (Å²) >= 11 is 0. The summed E-state index contributed by atoms with van der Waals surface area (Å²) in [7, 11) is 0. The molecule has 1 aliphatic rings. The molecule has 1 saturated carbocycles. The van der Waals surface area contributed by atoms with Gasteiger partial charge in [0.2, 0.25) is 0 Å². The maximum Gasteiger partial charge on any atom is 0.270 e. The molecule has 5 heteroatoms. The molecule has 5 nitrogen and oxygen atoms in total. The Labute approximate surface area is 154 Å². The second-order valence-corrected chi connectivity index (χ2v) is 6.89. The molecule has 0 spiro atoms. The number of nitrogens with one attached hydrogen (secondary N) is 2. The molecule has 26 heavy (non-hydrogen) atoms. The summed E-state index contributed by atoms with van der Waals surface area (Å²) in [4.78, 5) is 29.0. The van der Waals surface area contributed by atoms with E-state index in [0.717, 1.165) is 36.8 Å². The molecule has 0 radical (unpaired) electrons. The lowest BCUT2D eigenvalue weighted by Gasteiger charge is -2.22. The average Bonchev–Trinajstić information content (AvgIpc) is 2.67. The zero-order valence-electron chi connectivity index (χ0n) is 15.1. The topological polar surface area (TPSA) is 71.1 Å². The normalized spacial score (nSPS) is 14.7. The Morgan fingerprint density at radius 2 is 1.69 bits per heavy atom. The first-order chi connectivity index (χ1) is 12.6. The zero-order chi connectivity index (χ0) is 18.4. The minimum atomic E-state index is -0.279. The fourth-order valence-corrected chi connectivity index (χ4v) is 3.29. The highest BCUT2D eigenvalue weighted by Crippen LogP contribution is 2.17. The number of hydrogen-bond donors (Lipinski definition) is 2. The van der Waals surface area contributed by atoms with E-state index >= 15 is 0 Å². The van der Waals surface area contributed by atoms with E-state index in [1.165, 1.54) is 6.42 Å². The fourth-order valence-electron chi connectivity index (χ4n) is 3.29. The number of hydrogen-bond acceptors (Lipinski definition) is 3. The summed E-state index contributed by atoms with van der Waals surface area (Å²) in [6.07, 6.45) is 5.57. The third-order valence-electron chi connectivity index (χ3n) is 4.69. The van der Waals surface area contributed by atoms with Gasteiger partial charge in [-0.25, -0.2) is 4.98 Å². The molecule has 0 unspecified atom stereocenters. The lowest BCUT2D eigenvalue weighted by molar-refractivity contribution is 0.0922. The second-order valence-electron chi connectivity index (χ2n) is 6.89. The Kier molecular flexibility index (Phi) is 6.00. The van der Waals surface area contributed by atoms with Crippen LogP contribution in [-0.2, 0) is 6.54 Å². The number of rotatable bonds is 5. The van der Waals surface area contributed by atoms with E-state index in [2.05, 4.69) is 15.6 Å². The molecule has 2 aromatic rings. The second kappa shape index (κ2) is 8.61. The van der Waals surface area contributed by atoms with Crippen LogP contribution < -0.4 is 10.6 Å². The Hall–Kier alpha value is -2.69. The SMILES string of the molecule is Cc1cccc(CNC(=O)c2cccc(C(=O)NC3CCCCC3)n2)c1. The van der Waals surface area contributed by atoms with E-state index in [-0.39, 0.29) is 23.6 Å². The smallest absolute Gasteiger partial charge is 0.270 e. The van der Waals surface area contributed by atoms with E-state index in [0.29, 0.717) is 12.2 Å². The summed E-state index contributed by atoms with van der Waals surface area (Å²) in [5, 5.41) is 5.89. The number of carbonyl (C=O) groups excluding carboxylic acids is 2. The standard InChI is InChI=1S/C21H25N3O2/c1-15-7-5-8-16(13-15)14-22-20(25)18-11-6-12-19(24-18)21(26)23-17-9-3-2-4-10-17/h5-8,11-13,17H,2-4,9-10,14H2,1H3,(H,22,25)(H,23,26). The summed E-state index contributed by atoms with van der Waals surface area (Å²) in [6.45, 7) is 2.45. The van der Waals surface area contributed by atoms with Gasteiger partial charge in [0, 0.05) is 12.6 Å². The van der Waals surface area contributed by atoms with Crippen LogP contribution in [0.15, 0.2) is 42.5 Å². The predicted molar refractivity (Wildman–Crippen MR) is 101 cm³/mol. The predicted octanol–water partition coefficient (Wildman–Crippen LogP) is 3.38. The Morgan fingerprint density at radius 1 is 1.00 bits per heavy atom. The maximum atomic E-state index is 12.4. The number of carbonyl (C=O) groups is 2. The highest BCUT2D eigenvalue weighted by atomic mass is 16.2. The van der Waals surface area contributed by atoms with E-state index in [9.17, 15) is 9.59 Å². The van der Waals surface area contributed by atoms with Crippen molar-refractivity contribution in [3.63, 3.8) is 0 Å². The highest BCUT2D eigenvalue weighted by molar-refractivity contribution is 5.96. The van der Waals surface area contributed by atoms with Gasteiger partial charge in [0.25, 0.3) is 11.8 Å². The number of aryl methyl sites for hydroxylation is 1. The van der Waals surface area contributed by atoms with Gasteiger partial charge in [-0.2, -0.15) is 0 Å². The molecule has 1 aromatic heterocycles. The van der Waals surface area contributed by atoms with Gasteiger partial charge in [-0.1, -0.05) is 55.2 Å². The van der Waals surface area contributed by atoms with Crippen LogP contribution in [0.4, 0.5) is 0 Å². The van der Waals surface area contributed by atoms with Crippen molar-refractivity contribution in [3.05, 3.63) is 65.0 Å². The molecule has 2 N–H and O–H groups in total. The van der Waals surface area contributed by atoms with Crippen molar-refractivity contribution >= 4 is 11.8 Å². The van der Waals surface area contributed by atoms with Crippen LogP contribution in [0.1, 0.15) is 64.2 Å². The third-order valence-corrected chi connectivity index (χ3v) is 4.69. The maximum absolute atomic E-state index is 12.4. The van der Waals surface area contributed by atoms with E-state index in [4.69, 9.17) is 0 Å². The molecular weight excluding hydrogens is 326 g/mol. The zero-order valence-corrected chi connectivity index (χ0v) is 15.1. The van der Waals surface area contributed by atoms with Gasteiger partial charge in [0.1, 0.15) is 11.4 Å². The number of nitrogens with zero attached hydrogens (tertiary/aromatic N) is 1. The van der Waals surface area contributed by atoms with Gasteiger partial charge in [0.05, 0.1) is 0 Å².